The number of nitrogens with two attached hydrogens (primary N) is 1. The Bertz CT molecular complexity index is 817. The number of carbonyl (C=O) groups excluding carboxylic acids is 2. The van der Waals surface area contributed by atoms with Crippen LogP contribution >= 0.6 is 12.4 Å². The number of hydrogen-bond acceptors (Lipinski definition) is 3. The molecule has 0 heterocycles. The van der Waals surface area contributed by atoms with Crippen molar-refractivity contribution in [2.75, 3.05) is 10.6 Å². The molecule has 2 atom stereocenters. The summed E-state index contributed by atoms with van der Waals surface area (Å²) in [5.41, 5.74) is 7.29. The largest absolute Gasteiger partial charge is 0.328 e. The molecule has 150 valence electrons. The van der Waals surface area contributed by atoms with E-state index in [1.54, 1.807) is 0 Å². The molecule has 0 aliphatic heterocycles. The Labute approximate surface area is 170 Å². The Hall–Kier alpha value is -2.44. The minimum Gasteiger partial charge on any atom is -0.328 e. The quantitative estimate of drug-likeness (QED) is 0.705. The van der Waals surface area contributed by atoms with E-state index in [2.05, 4.69) is 10.6 Å². The van der Waals surface area contributed by atoms with Gasteiger partial charge in [0.05, 0.1) is 12.1 Å². The Morgan fingerprint density at radius 1 is 1.07 bits per heavy atom. The van der Waals surface area contributed by atoms with Crippen LogP contribution in [0.2, 0.25) is 0 Å². The van der Waals surface area contributed by atoms with Gasteiger partial charge in [-0.25, -0.2) is 4.39 Å². The van der Waals surface area contributed by atoms with Gasteiger partial charge >= 0.3 is 0 Å². The van der Waals surface area contributed by atoms with Crippen LogP contribution in [0.1, 0.15) is 31.2 Å². The second-order valence-corrected chi connectivity index (χ2v) is 7.02. The minimum absolute atomic E-state index is 0. The van der Waals surface area contributed by atoms with E-state index in [0.717, 1.165) is 24.8 Å². The van der Waals surface area contributed by atoms with Crippen LogP contribution in [-0.4, -0.2) is 17.9 Å². The second-order valence-electron chi connectivity index (χ2n) is 7.02. The average Bonchev–Trinajstić information content (AvgIpc) is 2.65. The normalized spacial score (nSPS) is 18.6. The van der Waals surface area contributed by atoms with Gasteiger partial charge in [-0.15, -0.1) is 12.4 Å². The van der Waals surface area contributed by atoms with Gasteiger partial charge in [-0.1, -0.05) is 36.8 Å². The Morgan fingerprint density at radius 3 is 2.54 bits per heavy atom. The number of anilines is 2. The third-order valence-corrected chi connectivity index (χ3v) is 4.80. The average molecular weight is 406 g/mol. The monoisotopic (exact) mass is 405 g/mol. The van der Waals surface area contributed by atoms with Crippen LogP contribution in [-0.2, 0) is 16.0 Å². The molecule has 0 saturated heterocycles. The van der Waals surface area contributed by atoms with Crippen LogP contribution in [0.25, 0.3) is 0 Å². The van der Waals surface area contributed by atoms with E-state index in [9.17, 15) is 14.0 Å². The van der Waals surface area contributed by atoms with Gasteiger partial charge in [-0.05, 0) is 43.0 Å². The molecule has 0 bridgehead atoms. The van der Waals surface area contributed by atoms with Crippen LogP contribution in [0.15, 0.2) is 48.5 Å². The summed E-state index contributed by atoms with van der Waals surface area (Å²) in [5, 5.41) is 5.38. The molecular weight excluding hydrogens is 381 g/mol. The van der Waals surface area contributed by atoms with Gasteiger partial charge in [0.1, 0.15) is 5.82 Å². The van der Waals surface area contributed by atoms with Crippen LogP contribution in [0, 0.1) is 11.7 Å². The van der Waals surface area contributed by atoms with E-state index in [-0.39, 0.29) is 48.3 Å². The van der Waals surface area contributed by atoms with E-state index in [4.69, 9.17) is 5.73 Å². The fraction of sp³-hybridized carbons (Fsp3) is 0.333. The molecule has 2 unspecified atom stereocenters. The highest BCUT2D eigenvalue weighted by Crippen LogP contribution is 2.26. The van der Waals surface area contributed by atoms with Crippen molar-refractivity contribution in [3.8, 4) is 0 Å². The molecule has 1 saturated carbocycles. The van der Waals surface area contributed by atoms with Crippen molar-refractivity contribution in [1.82, 2.24) is 0 Å². The van der Waals surface area contributed by atoms with Crippen molar-refractivity contribution in [1.29, 1.82) is 0 Å². The second kappa shape index (κ2) is 10.2. The molecular formula is C21H25ClFN3O2. The van der Waals surface area contributed by atoms with Crippen molar-refractivity contribution < 1.29 is 14.0 Å². The molecule has 3 rings (SSSR count). The summed E-state index contributed by atoms with van der Waals surface area (Å²) < 4.78 is 14.1. The lowest BCUT2D eigenvalue weighted by Crippen LogP contribution is -2.34. The van der Waals surface area contributed by atoms with Gasteiger partial charge in [0.15, 0.2) is 0 Å². The summed E-state index contributed by atoms with van der Waals surface area (Å²) in [6, 6.07) is 13.4. The van der Waals surface area contributed by atoms with Crippen LogP contribution < -0.4 is 16.4 Å². The van der Waals surface area contributed by atoms with E-state index in [1.807, 2.05) is 30.3 Å². The molecule has 2 aromatic rings. The highest BCUT2D eigenvalue weighted by Gasteiger charge is 2.25. The summed E-state index contributed by atoms with van der Waals surface area (Å²) in [6.07, 6.45) is 3.49. The molecule has 4 N–H and O–H groups in total. The molecule has 28 heavy (non-hydrogen) atoms. The van der Waals surface area contributed by atoms with Gasteiger partial charge < -0.3 is 16.4 Å². The van der Waals surface area contributed by atoms with E-state index in [1.165, 1.54) is 18.2 Å². The number of hydrogen-bond donors (Lipinski definition) is 3. The Morgan fingerprint density at radius 2 is 1.82 bits per heavy atom. The number of amides is 2. The maximum Gasteiger partial charge on any atom is 0.228 e. The van der Waals surface area contributed by atoms with Gasteiger partial charge in [0.2, 0.25) is 11.8 Å². The molecule has 1 aliphatic rings. The van der Waals surface area contributed by atoms with Crippen LogP contribution in [0.5, 0.6) is 0 Å². The van der Waals surface area contributed by atoms with Crippen LogP contribution in [0.4, 0.5) is 15.8 Å². The molecule has 7 heteroatoms. The Balaban J connectivity index is 0.00000280. The standard InChI is InChI=1S/C21H24FN3O2.ClH/c22-18-10-9-17(24-21(27)15-7-4-8-16(23)12-15)13-19(18)25-20(26)11-14-5-2-1-3-6-14;/h1-3,5-6,9-10,13,15-16H,4,7-8,11-12,23H2,(H,24,27)(H,25,26);1H. The predicted molar refractivity (Wildman–Crippen MR) is 111 cm³/mol. The molecule has 2 aromatic carbocycles. The zero-order chi connectivity index (χ0) is 19.2. The zero-order valence-corrected chi connectivity index (χ0v) is 16.3. The summed E-state index contributed by atoms with van der Waals surface area (Å²) >= 11 is 0. The number of nitrogens with one attached hydrogen (secondary N) is 2. The van der Waals surface area contributed by atoms with E-state index in [0.29, 0.717) is 12.1 Å². The molecule has 1 fully saturated rings. The lowest BCUT2D eigenvalue weighted by Gasteiger charge is -2.25. The molecule has 5 nitrogen and oxygen atoms in total. The highest BCUT2D eigenvalue weighted by atomic mass is 35.5. The zero-order valence-electron chi connectivity index (χ0n) is 15.5. The molecule has 0 radical (unpaired) electrons. The highest BCUT2D eigenvalue weighted by molar-refractivity contribution is 5.95. The van der Waals surface area contributed by atoms with Crippen molar-refractivity contribution in [2.24, 2.45) is 11.7 Å². The number of rotatable bonds is 5. The summed E-state index contributed by atoms with van der Waals surface area (Å²) in [6.45, 7) is 0. The summed E-state index contributed by atoms with van der Waals surface area (Å²) in [5.74, 6) is -1.11. The summed E-state index contributed by atoms with van der Waals surface area (Å²) in [4.78, 5) is 24.6. The SMILES string of the molecule is Cl.NC1CCCC(C(=O)Nc2ccc(F)c(NC(=O)Cc3ccccc3)c2)C1. The van der Waals surface area contributed by atoms with Gasteiger partial charge in [-0.3, -0.25) is 9.59 Å². The van der Waals surface area contributed by atoms with Gasteiger partial charge in [0, 0.05) is 17.6 Å². The lowest BCUT2D eigenvalue weighted by atomic mass is 9.85. The third-order valence-electron chi connectivity index (χ3n) is 4.80. The molecule has 2 amide bonds. The number of benzene rings is 2. The maximum absolute atomic E-state index is 14.1. The number of halogens is 2. The maximum atomic E-state index is 14.1. The first-order valence-corrected chi connectivity index (χ1v) is 9.21. The first-order chi connectivity index (χ1) is 13.0. The number of carbonyl (C=O) groups is 2. The first-order valence-electron chi connectivity index (χ1n) is 9.21. The lowest BCUT2D eigenvalue weighted by molar-refractivity contribution is -0.121. The Kier molecular flexibility index (Phi) is 7.96. The fourth-order valence-electron chi connectivity index (χ4n) is 3.38. The molecule has 0 spiro atoms. The molecule has 1 aliphatic carbocycles. The van der Waals surface area contributed by atoms with Crippen molar-refractivity contribution in [3.63, 3.8) is 0 Å². The summed E-state index contributed by atoms with van der Waals surface area (Å²) in [7, 11) is 0. The van der Waals surface area contributed by atoms with E-state index >= 15 is 0 Å². The third kappa shape index (κ3) is 6.04. The predicted octanol–water partition coefficient (Wildman–Crippen LogP) is 3.88. The van der Waals surface area contributed by atoms with Crippen LogP contribution in [0.3, 0.4) is 0 Å². The van der Waals surface area contributed by atoms with Crippen molar-refractivity contribution in [2.45, 2.75) is 38.1 Å². The van der Waals surface area contributed by atoms with Crippen molar-refractivity contribution >= 4 is 35.6 Å². The smallest absolute Gasteiger partial charge is 0.228 e. The fourth-order valence-corrected chi connectivity index (χ4v) is 3.38. The van der Waals surface area contributed by atoms with Crippen molar-refractivity contribution in [3.05, 3.63) is 59.9 Å². The van der Waals surface area contributed by atoms with E-state index < -0.39 is 5.82 Å². The van der Waals surface area contributed by atoms with Gasteiger partial charge in [-0.2, -0.15) is 0 Å². The minimum atomic E-state index is -0.547. The molecule has 0 aromatic heterocycles. The topological polar surface area (TPSA) is 84.2 Å². The van der Waals surface area contributed by atoms with Gasteiger partial charge in [0.25, 0.3) is 0 Å². The first kappa shape index (κ1) is 21.9.